The minimum absolute atomic E-state index is 0.109. The van der Waals surface area contributed by atoms with E-state index in [1.54, 1.807) is 0 Å². The zero-order valence-electron chi connectivity index (χ0n) is 4.76. The molecule has 46 valence electrons. The van der Waals surface area contributed by atoms with Crippen molar-refractivity contribution in [2.45, 2.75) is 0 Å². The first-order chi connectivity index (χ1) is 4.22. The lowest BCUT2D eigenvalue weighted by Gasteiger charge is -2.03. The second-order valence-corrected chi connectivity index (χ2v) is 1.58. The molecule has 0 fully saturated rings. The van der Waals surface area contributed by atoms with Crippen molar-refractivity contribution in [3.8, 4) is 0 Å². The number of nitrogens with two attached hydrogens (primary N) is 1. The van der Waals surface area contributed by atoms with Crippen molar-refractivity contribution >= 4 is 17.9 Å². The predicted molar refractivity (Wildman–Crippen MR) is 37.0 cm³/mol. The van der Waals surface area contributed by atoms with Crippen LogP contribution in [0.15, 0.2) is 22.3 Å². The van der Waals surface area contributed by atoms with E-state index in [0.29, 0.717) is 5.70 Å². The molecular formula is C5H6N4. The van der Waals surface area contributed by atoms with Crippen LogP contribution < -0.4 is 5.73 Å². The van der Waals surface area contributed by atoms with E-state index < -0.39 is 0 Å². The summed E-state index contributed by atoms with van der Waals surface area (Å²) < 4.78 is 0. The fraction of sp³-hybridized carbons (Fsp3) is 0. The van der Waals surface area contributed by atoms with Gasteiger partial charge >= 0.3 is 0 Å². The van der Waals surface area contributed by atoms with Crippen LogP contribution >= 0.6 is 0 Å². The summed E-state index contributed by atoms with van der Waals surface area (Å²) in [6.07, 6.45) is 1.29. The minimum atomic E-state index is 0.109. The van der Waals surface area contributed by atoms with Gasteiger partial charge in [-0.1, -0.05) is 6.58 Å². The van der Waals surface area contributed by atoms with Crippen LogP contribution in [0.2, 0.25) is 0 Å². The van der Waals surface area contributed by atoms with Gasteiger partial charge in [0.2, 0.25) is 0 Å². The highest BCUT2D eigenvalue weighted by Gasteiger charge is 2.07. The zero-order valence-corrected chi connectivity index (χ0v) is 4.76. The minimum Gasteiger partial charge on any atom is -0.382 e. The van der Waals surface area contributed by atoms with Gasteiger partial charge in [0.15, 0.2) is 5.84 Å². The second kappa shape index (κ2) is 1.81. The predicted octanol–water partition coefficient (Wildman–Crippen LogP) is -0.0810. The van der Waals surface area contributed by atoms with E-state index in [1.807, 2.05) is 0 Å². The number of rotatable bonds is 0. The Morgan fingerprint density at radius 1 is 1.67 bits per heavy atom. The van der Waals surface area contributed by atoms with Gasteiger partial charge in [0.1, 0.15) is 12.1 Å². The third kappa shape index (κ3) is 0.861. The van der Waals surface area contributed by atoms with Gasteiger partial charge in [0.05, 0.1) is 5.70 Å². The van der Waals surface area contributed by atoms with Gasteiger partial charge in [-0.05, 0) is 0 Å². The third-order valence-corrected chi connectivity index (χ3v) is 0.955. The fourth-order valence-corrected chi connectivity index (χ4v) is 0.438. The Hall–Kier alpha value is -1.45. The Bertz CT molecular complexity index is 223. The summed E-state index contributed by atoms with van der Waals surface area (Å²) in [7, 11) is 0. The molecule has 9 heavy (non-hydrogen) atoms. The molecule has 1 aliphatic rings. The van der Waals surface area contributed by atoms with E-state index in [1.165, 1.54) is 6.34 Å². The highest BCUT2D eigenvalue weighted by atomic mass is 15.0. The van der Waals surface area contributed by atoms with Crippen molar-refractivity contribution in [2.24, 2.45) is 15.7 Å². The van der Waals surface area contributed by atoms with Gasteiger partial charge in [0, 0.05) is 0 Å². The van der Waals surface area contributed by atoms with Crippen molar-refractivity contribution in [1.29, 1.82) is 5.41 Å². The average molecular weight is 122 g/mol. The molecule has 0 aromatic carbocycles. The molecule has 0 saturated heterocycles. The Morgan fingerprint density at radius 3 is 2.78 bits per heavy atom. The van der Waals surface area contributed by atoms with Crippen LogP contribution in [0.3, 0.4) is 0 Å². The number of hydrogen-bond donors (Lipinski definition) is 2. The van der Waals surface area contributed by atoms with Crippen molar-refractivity contribution in [3.63, 3.8) is 0 Å². The summed E-state index contributed by atoms with van der Waals surface area (Å²) in [6.45, 7) is 3.46. The molecule has 0 aromatic heterocycles. The summed E-state index contributed by atoms with van der Waals surface area (Å²) in [4.78, 5) is 7.23. The molecule has 0 saturated carbocycles. The summed E-state index contributed by atoms with van der Waals surface area (Å²) in [6, 6.07) is 0. The quantitative estimate of drug-likeness (QED) is 0.463. The lowest BCUT2D eigenvalue weighted by Crippen LogP contribution is -2.26. The first-order valence-electron chi connectivity index (χ1n) is 2.36. The maximum atomic E-state index is 7.13. The van der Waals surface area contributed by atoms with Gasteiger partial charge in [-0.2, -0.15) is 0 Å². The van der Waals surface area contributed by atoms with E-state index in [0.717, 1.165) is 0 Å². The Balaban J connectivity index is 3.00. The van der Waals surface area contributed by atoms with Crippen LogP contribution in [-0.2, 0) is 0 Å². The highest BCUT2D eigenvalue weighted by Crippen LogP contribution is 1.98. The van der Waals surface area contributed by atoms with Crippen LogP contribution in [0.25, 0.3) is 0 Å². The zero-order chi connectivity index (χ0) is 6.85. The lowest BCUT2D eigenvalue weighted by molar-refractivity contribution is 1.38. The molecule has 4 heteroatoms. The maximum absolute atomic E-state index is 7.13. The second-order valence-electron chi connectivity index (χ2n) is 1.58. The van der Waals surface area contributed by atoms with Crippen molar-refractivity contribution in [1.82, 2.24) is 0 Å². The molecule has 3 N–H and O–H groups in total. The molecule has 0 unspecified atom stereocenters. The number of hydrogen-bond acceptors (Lipinski definition) is 4. The number of amidine groups is 1. The first-order valence-corrected chi connectivity index (χ1v) is 2.36. The molecule has 0 aliphatic carbocycles. The molecular weight excluding hydrogens is 116 g/mol. The largest absolute Gasteiger partial charge is 0.382 e. The molecule has 0 bridgehead atoms. The molecule has 1 heterocycles. The normalized spacial score (nSPS) is 18.0. The van der Waals surface area contributed by atoms with Crippen molar-refractivity contribution in [2.75, 3.05) is 0 Å². The van der Waals surface area contributed by atoms with Crippen LogP contribution in [0.1, 0.15) is 0 Å². The van der Waals surface area contributed by atoms with E-state index >= 15 is 0 Å². The maximum Gasteiger partial charge on any atom is 0.152 e. The molecule has 0 radical (unpaired) electrons. The summed E-state index contributed by atoms with van der Waals surface area (Å²) in [5, 5.41) is 7.13. The van der Waals surface area contributed by atoms with Gasteiger partial charge in [0.25, 0.3) is 0 Å². The number of nitrogens with one attached hydrogen (secondary N) is 1. The third-order valence-electron chi connectivity index (χ3n) is 0.955. The Morgan fingerprint density at radius 2 is 2.33 bits per heavy atom. The summed E-state index contributed by atoms with van der Waals surface area (Å²) in [5.41, 5.74) is 5.71. The van der Waals surface area contributed by atoms with E-state index in [-0.39, 0.29) is 11.5 Å². The van der Waals surface area contributed by atoms with Crippen LogP contribution in [0, 0.1) is 5.41 Å². The number of nitrogens with zero attached hydrogens (tertiary/aromatic N) is 2. The molecule has 0 atom stereocenters. The van der Waals surface area contributed by atoms with Gasteiger partial charge in [-0.15, -0.1) is 0 Å². The monoisotopic (exact) mass is 122 g/mol. The lowest BCUT2D eigenvalue weighted by atomic mass is 10.3. The standard InChI is InChI=1S/C5H6N4/c1-3-4(6)5(7)9-2-8-3/h2,6H,1H2,(H2,7,8,9). The fourth-order valence-electron chi connectivity index (χ4n) is 0.438. The van der Waals surface area contributed by atoms with Gasteiger partial charge < -0.3 is 5.73 Å². The first kappa shape index (κ1) is 5.68. The smallest absolute Gasteiger partial charge is 0.152 e. The molecule has 0 aromatic rings. The van der Waals surface area contributed by atoms with E-state index in [2.05, 4.69) is 16.6 Å². The SMILES string of the molecule is C=C1N=CN=C(N)C1=N. The summed E-state index contributed by atoms with van der Waals surface area (Å²) >= 11 is 0. The van der Waals surface area contributed by atoms with E-state index in [4.69, 9.17) is 11.1 Å². The van der Waals surface area contributed by atoms with E-state index in [9.17, 15) is 0 Å². The number of aliphatic imine (C=N–C) groups is 2. The Kier molecular flexibility index (Phi) is 1.14. The topological polar surface area (TPSA) is 74.6 Å². The average Bonchev–Trinajstić information content (AvgIpc) is 1.83. The summed E-state index contributed by atoms with van der Waals surface area (Å²) in [5.74, 6) is 0.176. The van der Waals surface area contributed by atoms with Gasteiger partial charge in [-0.3, -0.25) is 5.41 Å². The van der Waals surface area contributed by atoms with Gasteiger partial charge in [-0.25, -0.2) is 9.98 Å². The molecule has 1 aliphatic heterocycles. The van der Waals surface area contributed by atoms with Crippen LogP contribution in [0.5, 0.6) is 0 Å². The van der Waals surface area contributed by atoms with Crippen LogP contribution in [-0.4, -0.2) is 17.9 Å². The molecule has 0 spiro atoms. The van der Waals surface area contributed by atoms with Crippen LogP contribution in [0.4, 0.5) is 0 Å². The van der Waals surface area contributed by atoms with Crippen molar-refractivity contribution in [3.05, 3.63) is 12.3 Å². The highest BCUT2D eigenvalue weighted by molar-refractivity contribution is 6.47. The molecule has 4 nitrogen and oxygen atoms in total. The molecule has 1 rings (SSSR count). The van der Waals surface area contributed by atoms with Crippen molar-refractivity contribution < 1.29 is 0 Å². The Labute approximate surface area is 52.3 Å². The molecule has 0 amide bonds.